The first-order valence-corrected chi connectivity index (χ1v) is 12.4. The van der Waals surface area contributed by atoms with Crippen molar-refractivity contribution in [2.24, 2.45) is 11.7 Å². The Balaban J connectivity index is 2.06. The van der Waals surface area contributed by atoms with E-state index in [0.29, 0.717) is 24.3 Å². The van der Waals surface area contributed by atoms with E-state index in [1.54, 1.807) is 43.5 Å². The standard InChI is InChI=1S/C28H37N3O7/c1-17(2)26(31-27(34)25(29)15-21-6-10-23(36-5)11-7-21)28(35)30-22(16-37-18(3)32)14-20-8-12-24(13-9-20)38-19(4)33/h6-13,17,22,25-26H,14-16,29H2,1-5H3,(H,30,35)(H,31,34)/t22-,25-,26-/m0/s1. The van der Waals surface area contributed by atoms with Crippen LogP contribution in [-0.4, -0.2) is 55.6 Å². The molecule has 2 aromatic carbocycles. The molecule has 2 amide bonds. The molecule has 4 N–H and O–H groups in total. The maximum atomic E-state index is 13.2. The van der Waals surface area contributed by atoms with Gasteiger partial charge in [0.15, 0.2) is 0 Å². The summed E-state index contributed by atoms with van der Waals surface area (Å²) in [6, 6.07) is 11.8. The summed E-state index contributed by atoms with van der Waals surface area (Å²) < 4.78 is 15.3. The fourth-order valence-electron chi connectivity index (χ4n) is 3.71. The van der Waals surface area contributed by atoms with E-state index in [4.69, 9.17) is 19.9 Å². The molecular formula is C28H37N3O7. The number of hydrogen-bond donors (Lipinski definition) is 3. The molecule has 2 aromatic rings. The van der Waals surface area contributed by atoms with Crippen LogP contribution in [0.4, 0.5) is 0 Å². The third-order valence-corrected chi connectivity index (χ3v) is 5.70. The molecule has 0 heterocycles. The van der Waals surface area contributed by atoms with Gasteiger partial charge in [0, 0.05) is 13.8 Å². The molecule has 10 heteroatoms. The Morgan fingerprint density at radius 1 is 0.789 bits per heavy atom. The molecule has 0 aliphatic heterocycles. The van der Waals surface area contributed by atoms with Crippen molar-refractivity contribution < 1.29 is 33.4 Å². The van der Waals surface area contributed by atoms with Crippen molar-refractivity contribution >= 4 is 23.8 Å². The lowest BCUT2D eigenvalue weighted by atomic mass is 10.00. The normalized spacial score (nSPS) is 13.1. The number of benzene rings is 2. The summed E-state index contributed by atoms with van der Waals surface area (Å²) in [6.45, 7) is 6.17. The predicted molar refractivity (Wildman–Crippen MR) is 141 cm³/mol. The van der Waals surface area contributed by atoms with E-state index in [1.165, 1.54) is 13.8 Å². The second kappa shape index (κ2) is 14.7. The molecule has 38 heavy (non-hydrogen) atoms. The fourth-order valence-corrected chi connectivity index (χ4v) is 3.71. The summed E-state index contributed by atoms with van der Waals surface area (Å²) in [5, 5.41) is 5.65. The topological polar surface area (TPSA) is 146 Å². The van der Waals surface area contributed by atoms with Crippen LogP contribution in [0.2, 0.25) is 0 Å². The first-order valence-electron chi connectivity index (χ1n) is 12.4. The molecular weight excluding hydrogens is 490 g/mol. The van der Waals surface area contributed by atoms with Gasteiger partial charge in [0.25, 0.3) is 0 Å². The van der Waals surface area contributed by atoms with Gasteiger partial charge < -0.3 is 30.6 Å². The van der Waals surface area contributed by atoms with Crippen LogP contribution in [0.3, 0.4) is 0 Å². The summed E-state index contributed by atoms with van der Waals surface area (Å²) in [7, 11) is 1.57. The van der Waals surface area contributed by atoms with E-state index in [0.717, 1.165) is 11.1 Å². The van der Waals surface area contributed by atoms with Crippen LogP contribution < -0.4 is 25.8 Å². The summed E-state index contributed by atoms with van der Waals surface area (Å²) in [5.41, 5.74) is 7.82. The van der Waals surface area contributed by atoms with Gasteiger partial charge >= 0.3 is 11.9 Å². The monoisotopic (exact) mass is 527 g/mol. The van der Waals surface area contributed by atoms with Crippen LogP contribution in [0.25, 0.3) is 0 Å². The van der Waals surface area contributed by atoms with Crippen molar-refractivity contribution in [3.63, 3.8) is 0 Å². The molecule has 0 spiro atoms. The second-order valence-electron chi connectivity index (χ2n) is 9.34. The van der Waals surface area contributed by atoms with Gasteiger partial charge in [-0.25, -0.2) is 0 Å². The first kappa shape index (κ1) is 30.3. The minimum atomic E-state index is -0.856. The van der Waals surface area contributed by atoms with Crippen LogP contribution in [0.1, 0.15) is 38.8 Å². The van der Waals surface area contributed by atoms with Crippen molar-refractivity contribution in [1.29, 1.82) is 0 Å². The highest BCUT2D eigenvalue weighted by Gasteiger charge is 2.28. The molecule has 0 fully saturated rings. The molecule has 0 bridgehead atoms. The lowest BCUT2D eigenvalue weighted by molar-refractivity contribution is -0.142. The maximum absolute atomic E-state index is 13.2. The summed E-state index contributed by atoms with van der Waals surface area (Å²) in [4.78, 5) is 48.6. The molecule has 0 aliphatic carbocycles. The number of nitrogens with two attached hydrogens (primary N) is 1. The fraction of sp³-hybridized carbons (Fsp3) is 0.429. The van der Waals surface area contributed by atoms with Crippen LogP contribution in [0, 0.1) is 5.92 Å². The van der Waals surface area contributed by atoms with Crippen LogP contribution >= 0.6 is 0 Å². The van der Waals surface area contributed by atoms with Crippen molar-refractivity contribution in [1.82, 2.24) is 10.6 Å². The van der Waals surface area contributed by atoms with Gasteiger partial charge in [0.2, 0.25) is 11.8 Å². The Labute approximate surface area is 223 Å². The minimum absolute atomic E-state index is 0.0531. The molecule has 0 aromatic heterocycles. The van der Waals surface area contributed by atoms with Crippen LogP contribution in [0.15, 0.2) is 48.5 Å². The number of carbonyl (C=O) groups is 4. The number of esters is 2. The molecule has 10 nitrogen and oxygen atoms in total. The highest BCUT2D eigenvalue weighted by molar-refractivity contribution is 5.90. The van der Waals surface area contributed by atoms with Gasteiger partial charge in [-0.2, -0.15) is 0 Å². The van der Waals surface area contributed by atoms with E-state index < -0.39 is 41.9 Å². The Bertz CT molecular complexity index is 1080. The van der Waals surface area contributed by atoms with E-state index in [-0.39, 0.29) is 12.5 Å². The Kier molecular flexibility index (Phi) is 11.7. The Morgan fingerprint density at radius 3 is 1.84 bits per heavy atom. The number of methoxy groups -OCH3 is 1. The SMILES string of the molecule is COc1ccc(C[C@H](N)C(=O)N[C@H](C(=O)N[C@H](COC(C)=O)Cc2ccc(OC(C)=O)cc2)C(C)C)cc1. The summed E-state index contributed by atoms with van der Waals surface area (Å²) in [5.74, 6) is -0.909. The zero-order valence-corrected chi connectivity index (χ0v) is 22.5. The third kappa shape index (κ3) is 10.2. The van der Waals surface area contributed by atoms with E-state index >= 15 is 0 Å². The predicted octanol–water partition coefficient (Wildman–Crippen LogP) is 1.92. The first-order chi connectivity index (χ1) is 18.0. The van der Waals surface area contributed by atoms with E-state index in [9.17, 15) is 19.2 Å². The van der Waals surface area contributed by atoms with Crippen LogP contribution in [0.5, 0.6) is 11.5 Å². The molecule has 206 valence electrons. The van der Waals surface area contributed by atoms with Crippen molar-refractivity contribution in [3.8, 4) is 11.5 Å². The van der Waals surface area contributed by atoms with Gasteiger partial charge in [-0.1, -0.05) is 38.1 Å². The average molecular weight is 528 g/mol. The van der Waals surface area contributed by atoms with Crippen molar-refractivity contribution in [2.75, 3.05) is 13.7 Å². The Morgan fingerprint density at radius 2 is 1.34 bits per heavy atom. The molecule has 0 saturated heterocycles. The number of nitrogens with one attached hydrogen (secondary N) is 2. The number of hydrogen-bond acceptors (Lipinski definition) is 8. The van der Waals surface area contributed by atoms with Crippen molar-refractivity contribution in [2.45, 2.75) is 58.7 Å². The number of amides is 2. The van der Waals surface area contributed by atoms with E-state index in [2.05, 4.69) is 10.6 Å². The summed E-state index contributed by atoms with van der Waals surface area (Å²) >= 11 is 0. The molecule has 3 atom stereocenters. The smallest absolute Gasteiger partial charge is 0.308 e. The van der Waals surface area contributed by atoms with Gasteiger partial charge in [0.1, 0.15) is 24.1 Å². The number of ether oxygens (including phenoxy) is 3. The van der Waals surface area contributed by atoms with Gasteiger partial charge in [-0.05, 0) is 54.2 Å². The second-order valence-corrected chi connectivity index (χ2v) is 9.34. The number of carbonyl (C=O) groups excluding carboxylic acids is 4. The average Bonchev–Trinajstić information content (AvgIpc) is 2.86. The Hall–Kier alpha value is -3.92. The highest BCUT2D eigenvalue weighted by atomic mass is 16.5. The largest absolute Gasteiger partial charge is 0.497 e. The van der Waals surface area contributed by atoms with Gasteiger partial charge in [-0.15, -0.1) is 0 Å². The van der Waals surface area contributed by atoms with Gasteiger partial charge in [0.05, 0.1) is 19.2 Å². The molecule has 0 aliphatic rings. The zero-order valence-electron chi connectivity index (χ0n) is 22.5. The minimum Gasteiger partial charge on any atom is -0.497 e. The third-order valence-electron chi connectivity index (χ3n) is 5.70. The van der Waals surface area contributed by atoms with Crippen molar-refractivity contribution in [3.05, 3.63) is 59.7 Å². The van der Waals surface area contributed by atoms with Gasteiger partial charge in [-0.3, -0.25) is 19.2 Å². The maximum Gasteiger partial charge on any atom is 0.308 e. The summed E-state index contributed by atoms with van der Waals surface area (Å²) in [6.07, 6.45) is 0.635. The highest BCUT2D eigenvalue weighted by Crippen LogP contribution is 2.15. The quantitative estimate of drug-likeness (QED) is 0.265. The lowest BCUT2D eigenvalue weighted by Gasteiger charge is -2.26. The zero-order chi connectivity index (χ0) is 28.2. The van der Waals surface area contributed by atoms with Crippen LogP contribution in [-0.2, 0) is 36.8 Å². The number of rotatable bonds is 13. The molecule has 0 unspecified atom stereocenters. The van der Waals surface area contributed by atoms with E-state index in [1.807, 2.05) is 26.0 Å². The molecule has 2 rings (SSSR count). The molecule has 0 radical (unpaired) electrons. The lowest BCUT2D eigenvalue weighted by Crippen LogP contribution is -2.56. The molecule has 0 saturated carbocycles.